The first-order valence-corrected chi connectivity index (χ1v) is 17.3. The first-order chi connectivity index (χ1) is 21.9. The molecule has 2 aromatic carbocycles. The fourth-order valence-corrected chi connectivity index (χ4v) is 9.46. The number of ether oxygens (including phenoxy) is 1. The molecule has 0 atom stereocenters. The average Bonchev–Trinajstić information content (AvgIpc) is 3.04. The van der Waals surface area contributed by atoms with Crippen molar-refractivity contribution in [1.29, 1.82) is 0 Å². The number of carbonyl (C=O) groups is 1. The van der Waals surface area contributed by atoms with Gasteiger partial charge in [-0.05, 0) is 122 Å². The minimum atomic E-state index is 0.00867. The molecule has 5 aliphatic rings. The van der Waals surface area contributed by atoms with E-state index in [4.69, 9.17) is 4.74 Å². The molecular formula is C38H49N5O2. The van der Waals surface area contributed by atoms with Gasteiger partial charge in [-0.15, -0.1) is 10.2 Å². The van der Waals surface area contributed by atoms with Crippen LogP contribution in [0.15, 0.2) is 54.6 Å². The summed E-state index contributed by atoms with van der Waals surface area (Å²) < 4.78 is 5.72. The normalized spacial score (nSPS) is 25.8. The van der Waals surface area contributed by atoms with Gasteiger partial charge in [-0.2, -0.15) is 0 Å². The Morgan fingerprint density at radius 1 is 0.867 bits per heavy atom. The molecule has 0 radical (unpaired) electrons. The van der Waals surface area contributed by atoms with E-state index >= 15 is 0 Å². The first-order valence-electron chi connectivity index (χ1n) is 17.3. The maximum Gasteiger partial charge on any atom is 0.274 e. The van der Waals surface area contributed by atoms with E-state index in [1.165, 1.54) is 60.8 Å². The number of benzene rings is 2. The lowest BCUT2D eigenvalue weighted by molar-refractivity contribution is -0.0629. The van der Waals surface area contributed by atoms with Crippen molar-refractivity contribution in [3.05, 3.63) is 71.4 Å². The Kier molecular flexibility index (Phi) is 8.56. The van der Waals surface area contributed by atoms with Crippen LogP contribution in [0.5, 0.6) is 5.75 Å². The fraction of sp³-hybridized carbons (Fsp3) is 0.553. The molecule has 7 nitrogen and oxygen atoms in total. The number of nitrogens with zero attached hydrogens (tertiary/aromatic N) is 5. The van der Waals surface area contributed by atoms with Crippen molar-refractivity contribution in [3.63, 3.8) is 0 Å². The van der Waals surface area contributed by atoms with Crippen LogP contribution in [-0.4, -0.2) is 72.3 Å². The topological polar surface area (TPSA) is 61.8 Å². The Balaban J connectivity index is 0.929. The fourth-order valence-electron chi connectivity index (χ4n) is 9.46. The van der Waals surface area contributed by atoms with Crippen molar-refractivity contribution >= 4 is 11.7 Å². The Labute approximate surface area is 269 Å². The van der Waals surface area contributed by atoms with Crippen LogP contribution >= 0.6 is 0 Å². The van der Waals surface area contributed by atoms with Crippen molar-refractivity contribution in [2.45, 2.75) is 65.3 Å². The second-order valence-corrected chi connectivity index (χ2v) is 14.4. The summed E-state index contributed by atoms with van der Waals surface area (Å²) in [4.78, 5) is 20.1. The van der Waals surface area contributed by atoms with Crippen molar-refractivity contribution in [1.82, 2.24) is 20.0 Å². The highest BCUT2D eigenvalue weighted by Crippen LogP contribution is 2.60. The highest BCUT2D eigenvalue weighted by Gasteiger charge is 2.51. The van der Waals surface area contributed by atoms with Gasteiger partial charge in [0.25, 0.3) is 5.91 Å². The maximum absolute atomic E-state index is 13.4. The predicted octanol–water partition coefficient (Wildman–Crippen LogP) is 6.72. The van der Waals surface area contributed by atoms with E-state index in [2.05, 4.69) is 63.3 Å². The first kappa shape index (κ1) is 30.2. The van der Waals surface area contributed by atoms with Gasteiger partial charge in [0.05, 0.1) is 6.61 Å². The van der Waals surface area contributed by atoms with Gasteiger partial charge < -0.3 is 14.5 Å². The van der Waals surface area contributed by atoms with Gasteiger partial charge in [0.15, 0.2) is 11.5 Å². The molecule has 1 amide bonds. The highest BCUT2D eigenvalue weighted by atomic mass is 16.5. The zero-order chi connectivity index (χ0) is 31.0. The molecule has 4 saturated carbocycles. The lowest BCUT2D eigenvalue weighted by Crippen LogP contribution is -2.51. The summed E-state index contributed by atoms with van der Waals surface area (Å²) in [5, 5.41) is 8.95. The Morgan fingerprint density at radius 2 is 1.58 bits per heavy atom. The SMILES string of the molecule is CCOc1cccc(-c2ccc(CN3CCN(c4ccc(C(=O)N(C)CC56CC7CC(CC(C7)C5)C6)nn4)CC3)c(CC)c2)c1. The van der Waals surface area contributed by atoms with Gasteiger partial charge >= 0.3 is 0 Å². The lowest BCUT2D eigenvalue weighted by Gasteiger charge is -2.57. The maximum atomic E-state index is 13.4. The van der Waals surface area contributed by atoms with Crippen LogP contribution in [0.3, 0.4) is 0 Å². The molecule has 45 heavy (non-hydrogen) atoms. The summed E-state index contributed by atoms with van der Waals surface area (Å²) in [6, 6.07) is 19.1. The highest BCUT2D eigenvalue weighted by molar-refractivity contribution is 5.92. The van der Waals surface area contributed by atoms with Crippen molar-refractivity contribution in [2.24, 2.45) is 23.2 Å². The summed E-state index contributed by atoms with van der Waals surface area (Å²) in [7, 11) is 1.97. The molecule has 4 bridgehead atoms. The van der Waals surface area contributed by atoms with Crippen LogP contribution in [0.2, 0.25) is 0 Å². The smallest absolute Gasteiger partial charge is 0.274 e. The minimum Gasteiger partial charge on any atom is -0.494 e. The van der Waals surface area contributed by atoms with Crippen molar-refractivity contribution in [3.8, 4) is 16.9 Å². The molecule has 2 heterocycles. The predicted molar refractivity (Wildman–Crippen MR) is 180 cm³/mol. The van der Waals surface area contributed by atoms with Crippen LogP contribution < -0.4 is 9.64 Å². The molecule has 0 N–H and O–H groups in total. The molecule has 7 heteroatoms. The molecule has 1 aromatic heterocycles. The second-order valence-electron chi connectivity index (χ2n) is 14.4. The molecule has 3 aromatic rings. The van der Waals surface area contributed by atoms with Crippen LogP contribution in [-0.2, 0) is 13.0 Å². The lowest BCUT2D eigenvalue weighted by atomic mass is 9.49. The van der Waals surface area contributed by atoms with Gasteiger partial charge in [-0.25, -0.2) is 0 Å². The van der Waals surface area contributed by atoms with Crippen LogP contribution in [0.4, 0.5) is 5.82 Å². The standard InChI is InChI=1S/C38H49N5O2/c1-4-30-20-32(31-7-6-8-34(21-31)45-5-2)9-10-33(30)25-42-13-15-43(16-14-42)36-12-11-35(39-40-36)37(44)41(3)26-38-22-27-17-28(23-38)19-29(18-27)24-38/h6-12,20-21,27-29H,4-5,13-19,22-26H2,1-3H3. The molecule has 4 aliphatic carbocycles. The third-order valence-corrected chi connectivity index (χ3v) is 11.1. The number of hydrogen-bond acceptors (Lipinski definition) is 6. The molecule has 1 saturated heterocycles. The zero-order valence-corrected chi connectivity index (χ0v) is 27.4. The van der Waals surface area contributed by atoms with E-state index in [1.807, 2.05) is 37.1 Å². The third kappa shape index (κ3) is 6.46. The van der Waals surface area contributed by atoms with Gasteiger partial charge in [-0.1, -0.05) is 37.3 Å². The summed E-state index contributed by atoms with van der Waals surface area (Å²) in [6.07, 6.45) is 9.21. The summed E-state index contributed by atoms with van der Waals surface area (Å²) in [6.45, 7) is 10.5. The van der Waals surface area contributed by atoms with Gasteiger partial charge in [0.1, 0.15) is 5.75 Å². The number of hydrogen-bond donors (Lipinski definition) is 0. The van der Waals surface area contributed by atoms with Gasteiger partial charge in [-0.3, -0.25) is 9.69 Å². The molecule has 5 fully saturated rings. The number of amides is 1. The quantitative estimate of drug-likeness (QED) is 0.255. The number of rotatable bonds is 10. The second kappa shape index (κ2) is 12.7. The summed E-state index contributed by atoms with van der Waals surface area (Å²) in [5.41, 5.74) is 6.03. The number of aryl methyl sites for hydroxylation is 1. The van der Waals surface area contributed by atoms with Gasteiger partial charge in [0.2, 0.25) is 0 Å². The van der Waals surface area contributed by atoms with Crippen LogP contribution in [0.25, 0.3) is 11.1 Å². The minimum absolute atomic E-state index is 0.00867. The van der Waals surface area contributed by atoms with Crippen LogP contribution in [0, 0.1) is 23.2 Å². The van der Waals surface area contributed by atoms with E-state index in [1.54, 1.807) is 0 Å². The van der Waals surface area contributed by atoms with E-state index in [-0.39, 0.29) is 5.91 Å². The zero-order valence-electron chi connectivity index (χ0n) is 27.4. The summed E-state index contributed by atoms with van der Waals surface area (Å²) >= 11 is 0. The van der Waals surface area contributed by atoms with Crippen LogP contribution in [0.1, 0.15) is 74.0 Å². The Hall–Kier alpha value is -3.45. The molecule has 0 spiro atoms. The Bertz CT molecular complexity index is 1460. The molecule has 8 rings (SSSR count). The van der Waals surface area contributed by atoms with E-state index < -0.39 is 0 Å². The molecule has 0 unspecified atom stereocenters. The average molecular weight is 608 g/mol. The number of piperazine rings is 1. The Morgan fingerprint density at radius 3 is 2.22 bits per heavy atom. The van der Waals surface area contributed by atoms with Crippen molar-refractivity contribution in [2.75, 3.05) is 51.3 Å². The monoisotopic (exact) mass is 607 g/mol. The number of anilines is 1. The largest absolute Gasteiger partial charge is 0.494 e. The third-order valence-electron chi connectivity index (χ3n) is 11.1. The number of carbonyl (C=O) groups excluding carboxylic acids is 1. The van der Waals surface area contributed by atoms with Crippen molar-refractivity contribution < 1.29 is 9.53 Å². The number of aromatic nitrogens is 2. The summed E-state index contributed by atoms with van der Waals surface area (Å²) in [5.74, 6) is 4.46. The van der Waals surface area contributed by atoms with Gasteiger partial charge in [0, 0.05) is 46.3 Å². The van der Waals surface area contributed by atoms with E-state index in [9.17, 15) is 4.79 Å². The molecule has 1 aliphatic heterocycles. The molecule has 238 valence electrons. The van der Waals surface area contributed by atoms with E-state index in [0.29, 0.717) is 17.7 Å². The van der Waals surface area contributed by atoms with E-state index in [0.717, 1.165) is 75.0 Å². The molecular weight excluding hydrogens is 558 g/mol.